The zero-order valence-corrected chi connectivity index (χ0v) is 18.0. The summed E-state index contributed by atoms with van der Waals surface area (Å²) in [4.78, 5) is 25.3. The van der Waals surface area contributed by atoms with Crippen molar-refractivity contribution >= 4 is 11.8 Å². The van der Waals surface area contributed by atoms with Crippen LogP contribution in [0.4, 0.5) is 0 Å². The van der Waals surface area contributed by atoms with Crippen molar-refractivity contribution in [1.82, 2.24) is 30.2 Å². The minimum Gasteiger partial charge on any atom is -0.351 e. The molecule has 2 aromatic rings. The Morgan fingerprint density at radius 2 is 1.90 bits per heavy atom. The van der Waals surface area contributed by atoms with Crippen molar-refractivity contribution in [3.05, 3.63) is 30.2 Å². The van der Waals surface area contributed by atoms with E-state index in [4.69, 9.17) is 0 Å². The van der Waals surface area contributed by atoms with Gasteiger partial charge in [-0.3, -0.25) is 9.59 Å². The zero-order valence-electron chi connectivity index (χ0n) is 18.0. The molecule has 4 bridgehead atoms. The average Bonchev–Trinajstić information content (AvgIpc) is 3.31. The quantitative estimate of drug-likeness (QED) is 0.775. The highest BCUT2D eigenvalue weighted by Crippen LogP contribution is 2.55. The summed E-state index contributed by atoms with van der Waals surface area (Å²) in [5.74, 6) is 2.30. The molecule has 3 unspecified atom stereocenters. The molecule has 0 aromatic carbocycles. The lowest BCUT2D eigenvalue weighted by atomic mass is 9.51. The average molecular weight is 423 g/mol. The van der Waals surface area contributed by atoms with Gasteiger partial charge in [0.1, 0.15) is 5.56 Å². The normalized spacial score (nSPS) is 33.8. The topological polar surface area (TPSA) is 93.8 Å². The number of carbonyl (C=O) groups excluding carboxylic acids is 2. The van der Waals surface area contributed by atoms with E-state index in [1.165, 1.54) is 6.42 Å². The summed E-state index contributed by atoms with van der Waals surface area (Å²) < 4.78 is 3.75. The molecule has 0 radical (unpaired) electrons. The maximum absolute atomic E-state index is 13.5. The van der Waals surface area contributed by atoms with Crippen LogP contribution in [0.1, 0.15) is 74.7 Å². The van der Waals surface area contributed by atoms with Gasteiger partial charge in [0.25, 0.3) is 5.91 Å². The Hall–Kier alpha value is -2.64. The van der Waals surface area contributed by atoms with Gasteiger partial charge in [0.15, 0.2) is 5.82 Å². The zero-order chi connectivity index (χ0) is 21.2. The van der Waals surface area contributed by atoms with Crippen LogP contribution in [-0.4, -0.2) is 43.0 Å². The predicted octanol–water partition coefficient (Wildman–Crippen LogP) is 2.61. The van der Waals surface area contributed by atoms with Gasteiger partial charge in [-0.15, -0.1) is 0 Å². The molecule has 5 aliphatic rings. The highest BCUT2D eigenvalue weighted by molar-refractivity contribution is 5.97. The summed E-state index contributed by atoms with van der Waals surface area (Å²) in [6.07, 6.45) is 14.0. The number of aromatic nitrogens is 4. The van der Waals surface area contributed by atoms with Crippen LogP contribution >= 0.6 is 0 Å². The third-order valence-corrected chi connectivity index (χ3v) is 8.17. The fraction of sp³-hybridized carbons (Fsp3) is 0.652. The fourth-order valence-electron chi connectivity index (χ4n) is 7.05. The van der Waals surface area contributed by atoms with E-state index >= 15 is 0 Å². The lowest BCUT2D eigenvalue weighted by Crippen LogP contribution is -2.66. The van der Waals surface area contributed by atoms with Crippen LogP contribution in [0.15, 0.2) is 24.7 Å². The SMILES string of the molecule is CC(=O)NC12CC3C[C@H](C1)C(NC(=O)c1cnn(C4CCC4)c1-n1cccn1)[C@@H](C3)C2. The summed E-state index contributed by atoms with van der Waals surface area (Å²) in [5, 5.41) is 15.7. The Morgan fingerprint density at radius 3 is 2.52 bits per heavy atom. The van der Waals surface area contributed by atoms with Crippen molar-refractivity contribution in [3.63, 3.8) is 0 Å². The van der Waals surface area contributed by atoms with E-state index in [-0.39, 0.29) is 23.4 Å². The molecule has 2 N–H and O–H groups in total. The first-order valence-electron chi connectivity index (χ1n) is 11.7. The Kier molecular flexibility index (Phi) is 4.27. The van der Waals surface area contributed by atoms with Crippen LogP contribution < -0.4 is 10.6 Å². The molecule has 5 saturated carbocycles. The van der Waals surface area contributed by atoms with Crippen LogP contribution in [0, 0.1) is 17.8 Å². The first-order chi connectivity index (χ1) is 15.0. The van der Waals surface area contributed by atoms with Gasteiger partial charge in [0.2, 0.25) is 5.91 Å². The summed E-state index contributed by atoms with van der Waals surface area (Å²) in [6.45, 7) is 1.62. The molecule has 8 heteroatoms. The van der Waals surface area contributed by atoms with Gasteiger partial charge in [-0.25, -0.2) is 9.36 Å². The minimum absolute atomic E-state index is 0.0536. The van der Waals surface area contributed by atoms with Crippen molar-refractivity contribution in [2.75, 3.05) is 0 Å². The third kappa shape index (κ3) is 3.10. The first kappa shape index (κ1) is 19.1. The molecule has 5 aliphatic carbocycles. The van der Waals surface area contributed by atoms with E-state index in [1.54, 1.807) is 24.0 Å². The lowest BCUT2D eigenvalue weighted by Gasteiger charge is -2.60. The molecule has 0 aliphatic heterocycles. The highest BCUT2D eigenvalue weighted by Gasteiger charge is 2.56. The fourth-order valence-corrected chi connectivity index (χ4v) is 7.05. The van der Waals surface area contributed by atoms with E-state index in [2.05, 4.69) is 20.8 Å². The van der Waals surface area contributed by atoms with Crippen LogP contribution in [0.3, 0.4) is 0 Å². The van der Waals surface area contributed by atoms with Crippen molar-refractivity contribution in [1.29, 1.82) is 0 Å². The van der Waals surface area contributed by atoms with E-state index < -0.39 is 0 Å². The second-order valence-corrected chi connectivity index (χ2v) is 10.3. The number of carbonyl (C=O) groups is 2. The second kappa shape index (κ2) is 6.93. The smallest absolute Gasteiger partial charge is 0.256 e. The number of hydrogen-bond donors (Lipinski definition) is 2. The monoisotopic (exact) mass is 422 g/mol. The third-order valence-electron chi connectivity index (χ3n) is 8.17. The van der Waals surface area contributed by atoms with Gasteiger partial charge in [-0.2, -0.15) is 10.2 Å². The summed E-state index contributed by atoms with van der Waals surface area (Å²) >= 11 is 0. The molecule has 7 rings (SSSR count). The van der Waals surface area contributed by atoms with Crippen molar-refractivity contribution in [2.24, 2.45) is 17.8 Å². The van der Waals surface area contributed by atoms with Gasteiger partial charge in [-0.1, -0.05) is 0 Å². The van der Waals surface area contributed by atoms with Gasteiger partial charge in [0.05, 0.1) is 12.2 Å². The minimum atomic E-state index is -0.0567. The van der Waals surface area contributed by atoms with Crippen LogP contribution in [-0.2, 0) is 4.79 Å². The summed E-state index contributed by atoms with van der Waals surface area (Å²) in [6, 6.07) is 2.39. The van der Waals surface area contributed by atoms with E-state index in [0.717, 1.165) is 50.8 Å². The van der Waals surface area contributed by atoms with Crippen molar-refractivity contribution in [2.45, 2.75) is 75.9 Å². The standard InChI is InChI=1S/C23H30N6O2/c1-14(30)27-23-10-15-8-16(11-23)20(17(9-15)12-23)26-21(31)19-13-25-29(18-4-2-5-18)22(19)28-7-3-6-24-28/h3,6-7,13,15-18,20H,2,4-5,8-12H2,1H3,(H,26,31)(H,27,30)/t15?,16-,17+,20?,23?. The number of rotatable bonds is 5. The van der Waals surface area contributed by atoms with Gasteiger partial charge in [0, 0.05) is 30.9 Å². The molecule has 5 fully saturated rings. The molecule has 0 saturated heterocycles. The van der Waals surface area contributed by atoms with Crippen molar-refractivity contribution < 1.29 is 9.59 Å². The van der Waals surface area contributed by atoms with E-state index in [1.807, 2.05) is 16.9 Å². The van der Waals surface area contributed by atoms with Gasteiger partial charge < -0.3 is 10.6 Å². The summed E-state index contributed by atoms with van der Waals surface area (Å²) in [7, 11) is 0. The van der Waals surface area contributed by atoms with Crippen molar-refractivity contribution in [3.8, 4) is 5.82 Å². The van der Waals surface area contributed by atoms with Gasteiger partial charge in [-0.05, 0) is 75.2 Å². The number of hydrogen-bond acceptors (Lipinski definition) is 4. The molecule has 8 nitrogen and oxygen atoms in total. The maximum atomic E-state index is 13.5. The molecule has 2 amide bonds. The molecule has 0 spiro atoms. The molecular weight excluding hydrogens is 392 g/mol. The van der Waals surface area contributed by atoms with Gasteiger partial charge >= 0.3 is 0 Å². The lowest BCUT2D eigenvalue weighted by molar-refractivity contribution is -0.125. The number of nitrogens with zero attached hydrogens (tertiary/aromatic N) is 4. The Labute approximate surface area is 181 Å². The molecule has 31 heavy (non-hydrogen) atoms. The first-order valence-corrected chi connectivity index (χ1v) is 11.7. The molecule has 164 valence electrons. The maximum Gasteiger partial charge on any atom is 0.256 e. The largest absolute Gasteiger partial charge is 0.351 e. The molecular formula is C23H30N6O2. The number of nitrogens with one attached hydrogen (secondary N) is 2. The number of amides is 2. The van der Waals surface area contributed by atoms with E-state index in [9.17, 15) is 9.59 Å². The molecule has 5 atom stereocenters. The highest BCUT2D eigenvalue weighted by atomic mass is 16.2. The van der Waals surface area contributed by atoms with E-state index in [0.29, 0.717) is 29.4 Å². The summed E-state index contributed by atoms with van der Waals surface area (Å²) in [5.41, 5.74) is 0.541. The molecule has 2 aromatic heterocycles. The Bertz CT molecular complexity index is 991. The Balaban J connectivity index is 1.26. The predicted molar refractivity (Wildman–Crippen MR) is 114 cm³/mol. The second-order valence-electron chi connectivity index (χ2n) is 10.3. The van der Waals surface area contributed by atoms with Crippen LogP contribution in [0.2, 0.25) is 0 Å². The Morgan fingerprint density at radius 1 is 1.13 bits per heavy atom. The van der Waals surface area contributed by atoms with Crippen LogP contribution in [0.5, 0.6) is 0 Å². The molecule has 2 heterocycles. The van der Waals surface area contributed by atoms with Crippen LogP contribution in [0.25, 0.3) is 5.82 Å².